The molecule has 0 radical (unpaired) electrons. The number of fused-ring (bicyclic) bond motifs is 1. The highest BCUT2D eigenvalue weighted by molar-refractivity contribution is 7.99. The molecule has 0 aliphatic rings. The van der Waals surface area contributed by atoms with Crippen LogP contribution in [0.5, 0.6) is 11.5 Å². The second-order valence-electron chi connectivity index (χ2n) is 7.16. The summed E-state index contributed by atoms with van der Waals surface area (Å²) in [6.07, 6.45) is 3.35. The Bertz CT molecular complexity index is 1210. The standard InChI is InChI=1S/C25H27N3O4S/c1-5-13-27(14-6-2)23(29)17-33-25-26-20-10-8-7-9-19(20)24(30)28(25)16-18-11-12-21(31-3)22(15-18)32-4/h5-12,15H,1-2,13-14,16-17H2,3-4H3. The maximum Gasteiger partial charge on any atom is 0.262 e. The summed E-state index contributed by atoms with van der Waals surface area (Å²) in [7, 11) is 3.14. The number of benzene rings is 2. The Balaban J connectivity index is 1.97. The van der Waals surface area contributed by atoms with Gasteiger partial charge in [0.2, 0.25) is 5.91 Å². The molecule has 0 saturated carbocycles. The van der Waals surface area contributed by atoms with E-state index in [1.165, 1.54) is 11.8 Å². The van der Waals surface area contributed by atoms with Crippen LogP contribution in [0.15, 0.2) is 77.7 Å². The van der Waals surface area contributed by atoms with Crippen LogP contribution in [0.1, 0.15) is 5.56 Å². The largest absolute Gasteiger partial charge is 0.493 e. The van der Waals surface area contributed by atoms with Gasteiger partial charge in [0.05, 0.1) is 37.4 Å². The highest BCUT2D eigenvalue weighted by Gasteiger charge is 2.17. The van der Waals surface area contributed by atoms with Crippen molar-refractivity contribution in [2.75, 3.05) is 33.1 Å². The molecular weight excluding hydrogens is 438 g/mol. The molecule has 1 amide bonds. The number of ether oxygens (including phenoxy) is 2. The molecule has 0 aliphatic heterocycles. The number of hydrogen-bond acceptors (Lipinski definition) is 6. The third-order valence-corrected chi connectivity index (χ3v) is 5.95. The summed E-state index contributed by atoms with van der Waals surface area (Å²) in [4.78, 5) is 32.4. The van der Waals surface area contributed by atoms with Gasteiger partial charge in [0.1, 0.15) is 0 Å². The Morgan fingerprint density at radius 1 is 1.09 bits per heavy atom. The Hall–Kier alpha value is -3.52. The van der Waals surface area contributed by atoms with Crippen LogP contribution in [0.25, 0.3) is 10.9 Å². The maximum atomic E-state index is 13.3. The van der Waals surface area contributed by atoms with Crippen LogP contribution in [0.4, 0.5) is 0 Å². The van der Waals surface area contributed by atoms with E-state index in [0.29, 0.717) is 40.6 Å². The molecule has 1 aromatic heterocycles. The smallest absolute Gasteiger partial charge is 0.262 e. The molecule has 3 aromatic rings. The molecule has 0 bridgehead atoms. The normalized spacial score (nSPS) is 10.6. The number of rotatable bonds is 11. The molecule has 7 nitrogen and oxygen atoms in total. The number of amides is 1. The number of nitrogens with zero attached hydrogens (tertiary/aromatic N) is 3. The molecule has 0 unspecified atom stereocenters. The molecule has 0 aliphatic carbocycles. The summed E-state index contributed by atoms with van der Waals surface area (Å²) in [5, 5.41) is 0.993. The van der Waals surface area contributed by atoms with Gasteiger partial charge >= 0.3 is 0 Å². The van der Waals surface area contributed by atoms with E-state index in [1.54, 1.807) is 54.0 Å². The second kappa shape index (κ2) is 11.4. The molecule has 1 heterocycles. The number of para-hydroxylation sites is 1. The van der Waals surface area contributed by atoms with Crippen LogP contribution in [0, 0.1) is 0 Å². The average molecular weight is 466 g/mol. The summed E-state index contributed by atoms with van der Waals surface area (Å²) >= 11 is 1.24. The van der Waals surface area contributed by atoms with Gasteiger partial charge < -0.3 is 14.4 Å². The van der Waals surface area contributed by atoms with E-state index in [9.17, 15) is 9.59 Å². The van der Waals surface area contributed by atoms with Gasteiger partial charge in [-0.3, -0.25) is 14.2 Å². The molecule has 172 valence electrons. The van der Waals surface area contributed by atoms with E-state index in [1.807, 2.05) is 24.3 Å². The molecule has 0 atom stereocenters. The van der Waals surface area contributed by atoms with E-state index in [4.69, 9.17) is 14.5 Å². The van der Waals surface area contributed by atoms with Crippen molar-refractivity contribution in [2.24, 2.45) is 0 Å². The van der Waals surface area contributed by atoms with Crippen LogP contribution in [-0.2, 0) is 11.3 Å². The molecular formula is C25H27N3O4S. The molecule has 0 fully saturated rings. The third kappa shape index (κ3) is 5.64. The first-order chi connectivity index (χ1) is 16.0. The predicted octanol–water partition coefficient (Wildman–Crippen LogP) is 3.75. The molecule has 2 aromatic carbocycles. The minimum Gasteiger partial charge on any atom is -0.493 e. The number of carbonyl (C=O) groups excluding carboxylic acids is 1. The minimum absolute atomic E-state index is 0.0834. The van der Waals surface area contributed by atoms with E-state index in [2.05, 4.69) is 13.2 Å². The predicted molar refractivity (Wildman–Crippen MR) is 132 cm³/mol. The Labute approximate surface area is 197 Å². The van der Waals surface area contributed by atoms with E-state index >= 15 is 0 Å². The molecule has 33 heavy (non-hydrogen) atoms. The van der Waals surface area contributed by atoms with Crippen molar-refractivity contribution in [3.63, 3.8) is 0 Å². The van der Waals surface area contributed by atoms with Gasteiger partial charge in [-0.15, -0.1) is 13.2 Å². The summed E-state index contributed by atoms with van der Waals surface area (Å²) in [6.45, 7) is 8.53. The first-order valence-electron chi connectivity index (χ1n) is 10.3. The summed E-state index contributed by atoms with van der Waals surface area (Å²) in [6, 6.07) is 12.7. The minimum atomic E-state index is -0.167. The van der Waals surface area contributed by atoms with E-state index in [0.717, 1.165) is 5.56 Å². The van der Waals surface area contributed by atoms with Gasteiger partial charge in [0.15, 0.2) is 16.7 Å². The quantitative estimate of drug-likeness (QED) is 0.244. The zero-order valence-electron chi connectivity index (χ0n) is 18.8. The van der Waals surface area contributed by atoms with Crippen molar-refractivity contribution < 1.29 is 14.3 Å². The molecule has 0 N–H and O–H groups in total. The number of hydrogen-bond donors (Lipinski definition) is 0. The van der Waals surface area contributed by atoms with Crippen LogP contribution in [0.2, 0.25) is 0 Å². The Morgan fingerprint density at radius 2 is 1.79 bits per heavy atom. The van der Waals surface area contributed by atoms with Crippen molar-refractivity contribution in [3.8, 4) is 11.5 Å². The van der Waals surface area contributed by atoms with E-state index < -0.39 is 0 Å². The third-order valence-electron chi connectivity index (χ3n) is 4.99. The highest BCUT2D eigenvalue weighted by Crippen LogP contribution is 2.28. The fourth-order valence-corrected chi connectivity index (χ4v) is 4.27. The number of methoxy groups -OCH3 is 2. The number of aromatic nitrogens is 2. The fraction of sp³-hybridized carbons (Fsp3) is 0.240. The van der Waals surface area contributed by atoms with Gasteiger partial charge in [-0.1, -0.05) is 42.1 Å². The average Bonchev–Trinajstić information content (AvgIpc) is 2.84. The Morgan fingerprint density at radius 3 is 2.45 bits per heavy atom. The zero-order valence-corrected chi connectivity index (χ0v) is 19.6. The van der Waals surface area contributed by atoms with Crippen molar-refractivity contribution >= 4 is 28.6 Å². The van der Waals surface area contributed by atoms with Crippen LogP contribution in [-0.4, -0.2) is 53.4 Å². The zero-order chi connectivity index (χ0) is 23.8. The highest BCUT2D eigenvalue weighted by atomic mass is 32.2. The van der Waals surface area contributed by atoms with Crippen molar-refractivity contribution in [1.82, 2.24) is 14.5 Å². The van der Waals surface area contributed by atoms with Gasteiger partial charge in [-0.05, 0) is 29.8 Å². The van der Waals surface area contributed by atoms with Crippen molar-refractivity contribution in [3.05, 3.63) is 83.7 Å². The first-order valence-corrected chi connectivity index (χ1v) is 11.3. The first kappa shape index (κ1) is 24.1. The van der Waals surface area contributed by atoms with Gasteiger partial charge in [0.25, 0.3) is 5.56 Å². The molecule has 0 saturated heterocycles. The summed E-state index contributed by atoms with van der Waals surface area (Å²) in [5.74, 6) is 1.23. The SMILES string of the molecule is C=CCN(CC=C)C(=O)CSc1nc2ccccc2c(=O)n1Cc1ccc(OC)c(OC)c1. The van der Waals surface area contributed by atoms with Crippen molar-refractivity contribution in [2.45, 2.75) is 11.7 Å². The summed E-state index contributed by atoms with van der Waals surface area (Å²) in [5.41, 5.74) is 1.27. The van der Waals surface area contributed by atoms with Gasteiger partial charge in [-0.25, -0.2) is 4.98 Å². The number of carbonyl (C=O) groups is 1. The van der Waals surface area contributed by atoms with E-state index in [-0.39, 0.29) is 23.8 Å². The second-order valence-corrected chi connectivity index (χ2v) is 8.10. The Kier molecular flexibility index (Phi) is 8.32. The fourth-order valence-electron chi connectivity index (χ4n) is 3.37. The lowest BCUT2D eigenvalue weighted by molar-refractivity contribution is -0.127. The lowest BCUT2D eigenvalue weighted by Crippen LogP contribution is -2.33. The van der Waals surface area contributed by atoms with Gasteiger partial charge in [0, 0.05) is 13.1 Å². The molecule has 3 rings (SSSR count). The van der Waals surface area contributed by atoms with Crippen LogP contribution < -0.4 is 15.0 Å². The lowest BCUT2D eigenvalue weighted by atomic mass is 10.2. The topological polar surface area (TPSA) is 73.7 Å². The number of thioether (sulfide) groups is 1. The lowest BCUT2D eigenvalue weighted by Gasteiger charge is -2.19. The van der Waals surface area contributed by atoms with Gasteiger partial charge in [-0.2, -0.15) is 0 Å². The maximum absolute atomic E-state index is 13.3. The van der Waals surface area contributed by atoms with Crippen LogP contribution in [0.3, 0.4) is 0 Å². The molecule has 8 heteroatoms. The van der Waals surface area contributed by atoms with Crippen LogP contribution >= 0.6 is 11.8 Å². The molecule has 0 spiro atoms. The van der Waals surface area contributed by atoms with Crippen molar-refractivity contribution in [1.29, 1.82) is 0 Å². The monoisotopic (exact) mass is 465 g/mol. The summed E-state index contributed by atoms with van der Waals surface area (Å²) < 4.78 is 12.3.